The Hall–Kier alpha value is -0.110. The second-order valence-electron chi connectivity index (χ2n) is 2.83. The van der Waals surface area contributed by atoms with Crippen molar-refractivity contribution in [3.05, 3.63) is 0 Å². The average Bonchev–Trinajstić information content (AvgIpc) is 1.85. The van der Waals surface area contributed by atoms with Gasteiger partial charge < -0.3 is 4.74 Å². The van der Waals surface area contributed by atoms with Crippen LogP contribution in [0.5, 0.6) is 0 Å². The molecule has 2 heteroatoms. The summed E-state index contributed by atoms with van der Waals surface area (Å²) >= 11 is 4.95. The average molecular weight is 160 g/mol. The monoisotopic (exact) mass is 160 g/mol. The first kappa shape index (κ1) is 9.89. The number of hydrogen-bond donors (Lipinski definition) is 0. The first-order valence-corrected chi connectivity index (χ1v) is 4.23. The van der Waals surface area contributed by atoms with Crippen molar-refractivity contribution in [2.24, 2.45) is 5.92 Å². The molecular formula is C8H16OS. The van der Waals surface area contributed by atoms with Crippen LogP contribution in [-0.2, 0) is 4.74 Å². The van der Waals surface area contributed by atoms with Gasteiger partial charge in [-0.2, -0.15) is 0 Å². The molecule has 0 bridgehead atoms. The molecule has 0 atom stereocenters. The molecule has 1 nitrogen and oxygen atoms in total. The van der Waals surface area contributed by atoms with Gasteiger partial charge in [0.1, 0.15) is 0 Å². The van der Waals surface area contributed by atoms with Gasteiger partial charge in [0, 0.05) is 6.42 Å². The van der Waals surface area contributed by atoms with Crippen LogP contribution in [0.25, 0.3) is 0 Å². The lowest BCUT2D eigenvalue weighted by atomic mass is 10.2. The molecular weight excluding hydrogens is 144 g/mol. The van der Waals surface area contributed by atoms with Gasteiger partial charge in [-0.25, -0.2) is 0 Å². The Bertz CT molecular complexity index is 99.4. The lowest BCUT2D eigenvalue weighted by Gasteiger charge is -2.07. The van der Waals surface area contributed by atoms with E-state index in [2.05, 4.69) is 20.8 Å². The zero-order valence-electron chi connectivity index (χ0n) is 7.02. The van der Waals surface area contributed by atoms with Gasteiger partial charge in [0.2, 0.25) is 0 Å². The fraction of sp³-hybridized carbons (Fsp3) is 0.875. The van der Waals surface area contributed by atoms with E-state index in [0.717, 1.165) is 24.5 Å². The van der Waals surface area contributed by atoms with Crippen molar-refractivity contribution in [3.8, 4) is 0 Å². The minimum Gasteiger partial charge on any atom is -0.487 e. The molecule has 0 saturated heterocycles. The molecule has 0 radical (unpaired) electrons. The van der Waals surface area contributed by atoms with Crippen LogP contribution in [0.2, 0.25) is 0 Å². The third kappa shape index (κ3) is 6.02. The molecule has 0 heterocycles. The van der Waals surface area contributed by atoms with E-state index in [1.54, 1.807) is 0 Å². The van der Waals surface area contributed by atoms with Gasteiger partial charge in [-0.1, -0.05) is 20.8 Å². The second-order valence-corrected chi connectivity index (χ2v) is 3.28. The quantitative estimate of drug-likeness (QED) is 0.585. The summed E-state index contributed by atoms with van der Waals surface area (Å²) in [6.07, 6.45) is 2.00. The van der Waals surface area contributed by atoms with E-state index in [0.29, 0.717) is 5.92 Å². The van der Waals surface area contributed by atoms with Crippen LogP contribution in [0, 0.1) is 5.92 Å². The fourth-order valence-corrected chi connectivity index (χ4v) is 0.808. The third-order valence-corrected chi connectivity index (χ3v) is 1.35. The van der Waals surface area contributed by atoms with Gasteiger partial charge in [-0.3, -0.25) is 0 Å². The molecule has 0 aliphatic rings. The Labute approximate surface area is 68.8 Å². The van der Waals surface area contributed by atoms with Crippen LogP contribution in [0.15, 0.2) is 0 Å². The first-order chi connectivity index (χ1) is 4.66. The summed E-state index contributed by atoms with van der Waals surface area (Å²) in [5.41, 5.74) is 0. The van der Waals surface area contributed by atoms with Gasteiger partial charge in [0.15, 0.2) is 5.05 Å². The number of thiocarbonyl (C=S) groups is 1. The lowest BCUT2D eigenvalue weighted by Crippen LogP contribution is -2.07. The zero-order chi connectivity index (χ0) is 7.98. The van der Waals surface area contributed by atoms with Crippen LogP contribution in [0.4, 0.5) is 0 Å². The molecule has 0 aromatic heterocycles. The van der Waals surface area contributed by atoms with E-state index in [9.17, 15) is 0 Å². The minimum atomic E-state index is 0.579. The maximum Gasteiger partial charge on any atom is 0.159 e. The van der Waals surface area contributed by atoms with Crippen LogP contribution in [0.3, 0.4) is 0 Å². The Morgan fingerprint density at radius 2 is 2.10 bits per heavy atom. The maximum atomic E-state index is 5.28. The number of ether oxygens (including phenoxy) is 1. The number of hydrogen-bond acceptors (Lipinski definition) is 2. The molecule has 0 saturated carbocycles. The highest BCUT2D eigenvalue weighted by Gasteiger charge is 1.97. The normalized spacial score (nSPS) is 10.0. The largest absolute Gasteiger partial charge is 0.487 e. The highest BCUT2D eigenvalue weighted by atomic mass is 32.1. The highest BCUT2D eigenvalue weighted by molar-refractivity contribution is 7.80. The summed E-state index contributed by atoms with van der Waals surface area (Å²) in [6.45, 7) is 7.10. The van der Waals surface area contributed by atoms with Crippen molar-refractivity contribution in [1.82, 2.24) is 0 Å². The van der Waals surface area contributed by atoms with E-state index >= 15 is 0 Å². The highest BCUT2D eigenvalue weighted by Crippen LogP contribution is 1.98. The molecule has 0 unspecified atom stereocenters. The van der Waals surface area contributed by atoms with Gasteiger partial charge in [0.25, 0.3) is 0 Å². The first-order valence-electron chi connectivity index (χ1n) is 3.82. The van der Waals surface area contributed by atoms with Gasteiger partial charge in [-0.15, -0.1) is 0 Å². The van der Waals surface area contributed by atoms with Gasteiger partial charge in [-0.05, 0) is 24.6 Å². The summed E-state index contributed by atoms with van der Waals surface area (Å²) in [4.78, 5) is 0. The summed E-state index contributed by atoms with van der Waals surface area (Å²) in [5, 5.41) is 0.760. The Morgan fingerprint density at radius 3 is 2.50 bits per heavy atom. The van der Waals surface area contributed by atoms with Crippen molar-refractivity contribution >= 4 is 17.3 Å². The molecule has 0 rings (SSSR count). The van der Waals surface area contributed by atoms with E-state index in [-0.39, 0.29) is 0 Å². The standard InChI is InChI=1S/C8H16OS/c1-4-5-8(10)9-6-7(2)3/h7H,4-6H2,1-3H3. The predicted octanol–water partition coefficient (Wildman–Crippen LogP) is 2.79. The van der Waals surface area contributed by atoms with E-state index in [1.807, 2.05) is 0 Å². The molecule has 0 aromatic rings. The summed E-state index contributed by atoms with van der Waals surface area (Å²) in [7, 11) is 0. The molecule has 0 amide bonds. The van der Waals surface area contributed by atoms with Crippen molar-refractivity contribution in [2.75, 3.05) is 6.61 Å². The molecule has 10 heavy (non-hydrogen) atoms. The zero-order valence-corrected chi connectivity index (χ0v) is 7.83. The van der Waals surface area contributed by atoms with Crippen LogP contribution in [-0.4, -0.2) is 11.7 Å². The summed E-state index contributed by atoms with van der Waals surface area (Å²) in [6, 6.07) is 0. The van der Waals surface area contributed by atoms with E-state index in [4.69, 9.17) is 17.0 Å². The van der Waals surface area contributed by atoms with Crippen molar-refractivity contribution < 1.29 is 4.74 Å². The Morgan fingerprint density at radius 1 is 1.50 bits per heavy atom. The van der Waals surface area contributed by atoms with E-state index < -0.39 is 0 Å². The minimum absolute atomic E-state index is 0.579. The number of rotatable bonds is 4. The lowest BCUT2D eigenvalue weighted by molar-refractivity contribution is 0.258. The van der Waals surface area contributed by atoms with E-state index in [1.165, 1.54) is 0 Å². The van der Waals surface area contributed by atoms with Gasteiger partial charge in [0.05, 0.1) is 6.61 Å². The van der Waals surface area contributed by atoms with Gasteiger partial charge >= 0.3 is 0 Å². The third-order valence-electron chi connectivity index (χ3n) is 1.03. The summed E-state index contributed by atoms with van der Waals surface area (Å²) in [5.74, 6) is 0.579. The topological polar surface area (TPSA) is 9.23 Å². The molecule has 0 spiro atoms. The van der Waals surface area contributed by atoms with Crippen molar-refractivity contribution in [1.29, 1.82) is 0 Å². The van der Waals surface area contributed by atoms with Crippen molar-refractivity contribution in [2.45, 2.75) is 33.6 Å². The molecule has 60 valence electrons. The molecule has 0 N–H and O–H groups in total. The smallest absolute Gasteiger partial charge is 0.159 e. The van der Waals surface area contributed by atoms with Crippen LogP contribution in [0.1, 0.15) is 33.6 Å². The second kappa shape index (κ2) is 5.66. The predicted molar refractivity (Wildman–Crippen MR) is 48.3 cm³/mol. The fourth-order valence-electron chi connectivity index (χ4n) is 0.536. The molecule has 0 fully saturated rings. The maximum absolute atomic E-state index is 5.28. The Balaban J connectivity index is 3.22. The molecule has 0 aliphatic carbocycles. The van der Waals surface area contributed by atoms with Crippen LogP contribution < -0.4 is 0 Å². The Kier molecular flexibility index (Phi) is 5.60. The summed E-state index contributed by atoms with van der Waals surface area (Å²) < 4.78 is 5.28. The van der Waals surface area contributed by atoms with Crippen LogP contribution >= 0.6 is 12.2 Å². The molecule has 0 aromatic carbocycles. The molecule has 0 aliphatic heterocycles. The van der Waals surface area contributed by atoms with Crippen molar-refractivity contribution in [3.63, 3.8) is 0 Å². The SMILES string of the molecule is CCCC(=S)OCC(C)C.